The number of rotatable bonds is 8. The second-order valence-electron chi connectivity index (χ2n) is 9.21. The van der Waals surface area contributed by atoms with Gasteiger partial charge in [0, 0.05) is 11.3 Å². The number of β-lactam (4-membered cyclic amide) rings is 1. The van der Waals surface area contributed by atoms with Crippen molar-refractivity contribution < 1.29 is 43.4 Å². The van der Waals surface area contributed by atoms with Crippen LogP contribution >= 0.6 is 11.8 Å². The molecule has 4 atom stereocenters. The summed E-state index contributed by atoms with van der Waals surface area (Å²) in [6, 6.07) is 9.51. The number of esters is 1. The number of methoxy groups -OCH3 is 1. The number of nitrogens with zero attached hydrogens (tertiary/aromatic N) is 3. The Balaban J connectivity index is 1.39. The van der Waals surface area contributed by atoms with E-state index in [1.54, 1.807) is 18.2 Å². The van der Waals surface area contributed by atoms with Crippen molar-refractivity contribution in [3.63, 3.8) is 0 Å². The summed E-state index contributed by atoms with van der Waals surface area (Å²) in [6.45, 7) is 0.607. The molecular formula is C25H21N3O10S. The fourth-order valence-corrected chi connectivity index (χ4v) is 6.45. The van der Waals surface area contributed by atoms with E-state index in [9.17, 15) is 34.1 Å². The molecule has 5 rings (SSSR count). The third-order valence-corrected chi connectivity index (χ3v) is 8.37. The standard InChI is InChI=1S/C25H21N3O10S/c1-25(38-28(34)35)12-39-23-18(26-20(30)15-9-8-14(36-2)10-16(15)21(26)31)22(32)27(23)19(25)24(33)37-11-17(29)13-6-4-3-5-7-13/h3-10,18-19,23H,11-12H2,1-2H3/t18?,19?,23-,25+/m0/s1. The van der Waals surface area contributed by atoms with Gasteiger partial charge in [0.2, 0.25) is 0 Å². The molecule has 202 valence electrons. The van der Waals surface area contributed by atoms with Crippen molar-refractivity contribution in [3.8, 4) is 5.75 Å². The molecule has 2 fully saturated rings. The Morgan fingerprint density at radius 2 is 1.79 bits per heavy atom. The van der Waals surface area contributed by atoms with Gasteiger partial charge in [-0.25, -0.2) is 4.79 Å². The number of ether oxygens (including phenoxy) is 2. The molecule has 2 aromatic carbocycles. The van der Waals surface area contributed by atoms with Gasteiger partial charge in [0.15, 0.2) is 24.0 Å². The molecule has 2 unspecified atom stereocenters. The number of hydrogen-bond acceptors (Lipinski definition) is 11. The third-order valence-electron chi connectivity index (χ3n) is 6.80. The highest BCUT2D eigenvalue weighted by Crippen LogP contribution is 2.47. The molecule has 3 aliphatic heterocycles. The molecule has 39 heavy (non-hydrogen) atoms. The lowest BCUT2D eigenvalue weighted by Gasteiger charge is -2.57. The van der Waals surface area contributed by atoms with Gasteiger partial charge in [-0.1, -0.05) is 30.3 Å². The lowest BCUT2D eigenvalue weighted by atomic mass is 9.90. The molecule has 0 radical (unpaired) electrons. The maximum absolute atomic E-state index is 13.4. The highest BCUT2D eigenvalue weighted by atomic mass is 32.2. The summed E-state index contributed by atoms with van der Waals surface area (Å²) < 4.78 is 10.3. The first-order valence-electron chi connectivity index (χ1n) is 11.7. The summed E-state index contributed by atoms with van der Waals surface area (Å²) in [5, 5.41) is 9.30. The number of carbonyl (C=O) groups is 5. The number of fused-ring (bicyclic) bond motifs is 2. The number of thioether (sulfide) groups is 1. The van der Waals surface area contributed by atoms with Crippen LogP contribution in [0.25, 0.3) is 0 Å². The predicted molar refractivity (Wildman–Crippen MR) is 132 cm³/mol. The van der Waals surface area contributed by atoms with E-state index >= 15 is 0 Å². The zero-order chi connectivity index (χ0) is 28.1. The lowest BCUT2D eigenvalue weighted by molar-refractivity contribution is -0.779. The maximum atomic E-state index is 13.4. The Hall–Kier alpha value is -4.46. The summed E-state index contributed by atoms with van der Waals surface area (Å²) in [5.41, 5.74) is -1.37. The van der Waals surface area contributed by atoms with E-state index < -0.39 is 64.2 Å². The average molecular weight is 556 g/mol. The van der Waals surface area contributed by atoms with E-state index in [0.717, 1.165) is 21.6 Å². The highest BCUT2D eigenvalue weighted by Gasteiger charge is 2.66. The van der Waals surface area contributed by atoms with E-state index in [2.05, 4.69) is 0 Å². The summed E-state index contributed by atoms with van der Waals surface area (Å²) in [7, 11) is 1.41. The van der Waals surface area contributed by atoms with Crippen LogP contribution in [0.1, 0.15) is 38.0 Å². The van der Waals surface area contributed by atoms with Gasteiger partial charge in [0.05, 0.1) is 18.2 Å². The van der Waals surface area contributed by atoms with Crippen molar-refractivity contribution in [2.24, 2.45) is 0 Å². The normalized spacial score (nSPS) is 25.4. The molecule has 13 nitrogen and oxygen atoms in total. The van der Waals surface area contributed by atoms with Crippen LogP contribution in [-0.4, -0.2) is 86.9 Å². The van der Waals surface area contributed by atoms with Crippen LogP contribution in [-0.2, 0) is 19.2 Å². The number of hydrogen-bond donors (Lipinski definition) is 0. The van der Waals surface area contributed by atoms with Gasteiger partial charge in [0.25, 0.3) is 22.8 Å². The Bertz CT molecular complexity index is 1420. The monoisotopic (exact) mass is 555 g/mol. The first-order valence-corrected chi connectivity index (χ1v) is 12.7. The van der Waals surface area contributed by atoms with Crippen molar-refractivity contribution in [1.82, 2.24) is 9.80 Å². The minimum absolute atomic E-state index is 0.0725. The van der Waals surface area contributed by atoms with Gasteiger partial charge in [-0.15, -0.1) is 21.9 Å². The van der Waals surface area contributed by atoms with Crippen molar-refractivity contribution >= 4 is 41.2 Å². The quantitative estimate of drug-likeness (QED) is 0.115. The SMILES string of the molecule is COc1ccc2c(c1)C(=O)N(C1C(=O)N3C(C(=O)OCC(=O)c4ccccc4)[C@](C)(O[N+](=O)[O-])CS[C@@H]13)C2=O. The van der Waals surface area contributed by atoms with Crippen LogP contribution in [0.4, 0.5) is 0 Å². The molecule has 14 heteroatoms. The Labute approximate surface area is 225 Å². The van der Waals surface area contributed by atoms with E-state index in [4.69, 9.17) is 14.3 Å². The maximum Gasteiger partial charge on any atom is 0.332 e. The Morgan fingerprint density at radius 3 is 2.46 bits per heavy atom. The van der Waals surface area contributed by atoms with E-state index in [0.29, 0.717) is 5.75 Å². The highest BCUT2D eigenvalue weighted by molar-refractivity contribution is 8.00. The van der Waals surface area contributed by atoms with Gasteiger partial charge in [0.1, 0.15) is 17.2 Å². The smallest absolute Gasteiger partial charge is 0.332 e. The zero-order valence-electron chi connectivity index (χ0n) is 20.6. The fraction of sp³-hybridized carbons (Fsp3) is 0.320. The number of Topliss-reactive ketones (excluding diaryl/α,β-unsaturated/α-hetero) is 1. The number of imide groups is 1. The third kappa shape index (κ3) is 4.26. The number of amides is 3. The molecule has 2 aromatic rings. The topological polar surface area (TPSA) is 163 Å². The number of ketones is 1. The number of benzene rings is 2. The van der Waals surface area contributed by atoms with Crippen molar-refractivity contribution in [2.45, 2.75) is 30.0 Å². The predicted octanol–water partition coefficient (Wildman–Crippen LogP) is 1.34. The molecule has 0 spiro atoms. The molecule has 3 amide bonds. The van der Waals surface area contributed by atoms with Gasteiger partial charge >= 0.3 is 5.97 Å². The largest absolute Gasteiger partial charge is 0.497 e. The van der Waals surface area contributed by atoms with E-state index in [1.165, 1.54) is 44.4 Å². The van der Waals surface area contributed by atoms with Crippen LogP contribution in [0, 0.1) is 10.1 Å². The Kier molecular flexibility index (Phi) is 6.50. The minimum Gasteiger partial charge on any atom is -0.497 e. The molecule has 3 aliphatic rings. The van der Waals surface area contributed by atoms with Crippen LogP contribution in [0.3, 0.4) is 0 Å². The summed E-state index contributed by atoms with van der Waals surface area (Å²) >= 11 is 1.02. The van der Waals surface area contributed by atoms with Gasteiger partial charge in [-0.3, -0.25) is 24.1 Å². The fourth-order valence-electron chi connectivity index (χ4n) is 4.93. The molecule has 0 aliphatic carbocycles. The lowest BCUT2D eigenvalue weighted by Crippen LogP contribution is -2.79. The van der Waals surface area contributed by atoms with Crippen LogP contribution in [0.5, 0.6) is 5.75 Å². The molecule has 0 saturated carbocycles. The summed E-state index contributed by atoms with van der Waals surface area (Å²) in [4.78, 5) is 83.3. The van der Waals surface area contributed by atoms with Gasteiger partial charge in [-0.05, 0) is 25.1 Å². The van der Waals surface area contributed by atoms with Crippen molar-refractivity contribution in [2.75, 3.05) is 19.5 Å². The van der Waals surface area contributed by atoms with Gasteiger partial charge in [-0.2, -0.15) is 0 Å². The molecule has 3 heterocycles. The molecule has 0 aromatic heterocycles. The zero-order valence-corrected chi connectivity index (χ0v) is 21.4. The van der Waals surface area contributed by atoms with Crippen LogP contribution in [0.2, 0.25) is 0 Å². The van der Waals surface area contributed by atoms with Crippen molar-refractivity contribution in [3.05, 3.63) is 75.3 Å². The van der Waals surface area contributed by atoms with Crippen LogP contribution in [0.15, 0.2) is 48.5 Å². The molecular weight excluding hydrogens is 534 g/mol. The minimum atomic E-state index is -1.83. The second kappa shape index (κ2) is 9.69. The first kappa shape index (κ1) is 26.2. The van der Waals surface area contributed by atoms with Gasteiger partial charge < -0.3 is 19.2 Å². The average Bonchev–Trinajstić information content (AvgIpc) is 3.16. The van der Waals surface area contributed by atoms with Crippen LogP contribution < -0.4 is 4.74 Å². The first-order chi connectivity index (χ1) is 18.6. The molecule has 0 N–H and O–H groups in total. The number of carbonyl (C=O) groups excluding carboxylic acids is 5. The second-order valence-corrected chi connectivity index (χ2v) is 10.3. The van der Waals surface area contributed by atoms with E-state index in [-0.39, 0.29) is 22.4 Å². The Morgan fingerprint density at radius 1 is 1.10 bits per heavy atom. The summed E-state index contributed by atoms with van der Waals surface area (Å²) in [5.74, 6) is -3.57. The molecule has 2 saturated heterocycles. The summed E-state index contributed by atoms with van der Waals surface area (Å²) in [6.07, 6.45) is 0. The van der Waals surface area contributed by atoms with Crippen molar-refractivity contribution in [1.29, 1.82) is 0 Å². The van der Waals surface area contributed by atoms with E-state index in [1.807, 2.05) is 0 Å². The molecule has 0 bridgehead atoms.